The number of benzene rings is 2. The van der Waals surface area contributed by atoms with Gasteiger partial charge in [0.1, 0.15) is 0 Å². The zero-order valence-corrected chi connectivity index (χ0v) is 21.7. The fourth-order valence-corrected chi connectivity index (χ4v) is 6.38. The molecule has 2 aromatic rings. The Hall–Kier alpha value is -1.70. The number of hydrogen-bond donors (Lipinski definition) is 1. The molecule has 32 heavy (non-hydrogen) atoms. The predicted octanol–water partition coefficient (Wildman–Crippen LogP) is 5.58. The van der Waals surface area contributed by atoms with Crippen molar-refractivity contribution in [2.24, 2.45) is 0 Å². The maximum absolute atomic E-state index is 13.5. The highest BCUT2D eigenvalue weighted by atomic mass is 79.9. The maximum atomic E-state index is 13.5. The summed E-state index contributed by atoms with van der Waals surface area (Å²) < 4.78 is 29.2. The van der Waals surface area contributed by atoms with Crippen LogP contribution in [-0.2, 0) is 14.8 Å². The summed E-state index contributed by atoms with van der Waals surface area (Å²) in [4.78, 5) is 13.3. The van der Waals surface area contributed by atoms with Crippen molar-refractivity contribution in [2.75, 3.05) is 6.54 Å². The summed E-state index contributed by atoms with van der Waals surface area (Å²) in [5.41, 5.74) is 4.57. The zero-order chi connectivity index (χ0) is 23.5. The lowest BCUT2D eigenvalue weighted by molar-refractivity contribution is -0.122. The fraction of sp³-hybridized carbons (Fsp3) is 0.480. The van der Waals surface area contributed by atoms with E-state index in [1.165, 1.54) is 15.4 Å². The van der Waals surface area contributed by atoms with Crippen LogP contribution >= 0.6 is 15.9 Å². The number of rotatable bonds is 7. The summed E-state index contributed by atoms with van der Waals surface area (Å²) >= 11 is 3.36. The first kappa shape index (κ1) is 24.9. The van der Waals surface area contributed by atoms with Gasteiger partial charge in [0, 0.05) is 10.5 Å². The quantitative estimate of drug-likeness (QED) is 0.518. The van der Waals surface area contributed by atoms with E-state index in [4.69, 9.17) is 0 Å². The minimum atomic E-state index is -3.78. The van der Waals surface area contributed by atoms with Crippen LogP contribution in [0.1, 0.15) is 67.3 Å². The standard InChI is InChI=1S/C25H33BrN2O3S/c1-17-14-19(3)24(15-18(17)2)20(4)27-25(29)16-28(22-8-6-5-7-9-22)32(30,31)23-12-10-21(26)11-13-23/h10-15,20,22H,5-9,16H2,1-4H3,(H,27,29)/t20-/m1/s1. The second kappa shape index (κ2) is 10.5. The van der Waals surface area contributed by atoms with E-state index >= 15 is 0 Å². The predicted molar refractivity (Wildman–Crippen MR) is 132 cm³/mol. The van der Waals surface area contributed by atoms with Crippen molar-refractivity contribution >= 4 is 31.9 Å². The minimum Gasteiger partial charge on any atom is -0.348 e. The number of halogens is 1. The first-order valence-corrected chi connectivity index (χ1v) is 13.5. The van der Waals surface area contributed by atoms with Crippen LogP contribution in [0.5, 0.6) is 0 Å². The normalized spacial score (nSPS) is 16.2. The Labute approximate surface area is 200 Å². The van der Waals surface area contributed by atoms with Gasteiger partial charge in [-0.05, 0) is 87.1 Å². The second-order valence-corrected chi connectivity index (χ2v) is 11.7. The van der Waals surface area contributed by atoms with Gasteiger partial charge in [0.2, 0.25) is 15.9 Å². The van der Waals surface area contributed by atoms with Crippen molar-refractivity contribution < 1.29 is 13.2 Å². The third-order valence-corrected chi connectivity index (χ3v) is 8.87. The fourth-order valence-electron chi connectivity index (χ4n) is 4.48. The van der Waals surface area contributed by atoms with Crippen LogP contribution < -0.4 is 5.32 Å². The highest BCUT2D eigenvalue weighted by Gasteiger charge is 2.34. The van der Waals surface area contributed by atoms with Gasteiger partial charge in [-0.3, -0.25) is 4.79 Å². The van der Waals surface area contributed by atoms with E-state index in [1.54, 1.807) is 24.3 Å². The van der Waals surface area contributed by atoms with Crippen LogP contribution in [-0.4, -0.2) is 31.2 Å². The molecule has 0 unspecified atom stereocenters. The molecule has 2 aromatic carbocycles. The van der Waals surface area contributed by atoms with Crippen LogP contribution in [0.3, 0.4) is 0 Å². The van der Waals surface area contributed by atoms with Gasteiger partial charge in [-0.1, -0.05) is 47.3 Å². The van der Waals surface area contributed by atoms with Crippen molar-refractivity contribution in [3.63, 3.8) is 0 Å². The van der Waals surface area contributed by atoms with Crippen LogP contribution in [0, 0.1) is 20.8 Å². The monoisotopic (exact) mass is 520 g/mol. The number of nitrogens with one attached hydrogen (secondary N) is 1. The average Bonchev–Trinajstić information content (AvgIpc) is 2.75. The molecule has 0 spiro atoms. The lowest BCUT2D eigenvalue weighted by Gasteiger charge is -2.33. The van der Waals surface area contributed by atoms with Crippen LogP contribution in [0.4, 0.5) is 0 Å². The Morgan fingerprint density at radius 2 is 1.62 bits per heavy atom. The Kier molecular flexibility index (Phi) is 8.17. The molecule has 1 aliphatic rings. The summed E-state index contributed by atoms with van der Waals surface area (Å²) in [6, 6.07) is 10.5. The SMILES string of the molecule is Cc1cc(C)c([C@@H](C)NC(=O)CN(C2CCCCC2)S(=O)(=O)c2ccc(Br)cc2)cc1C. The summed E-state index contributed by atoms with van der Waals surface area (Å²) in [6.07, 6.45) is 4.65. The number of carbonyl (C=O) groups is 1. The van der Waals surface area contributed by atoms with Crippen molar-refractivity contribution in [1.82, 2.24) is 9.62 Å². The molecule has 0 saturated heterocycles. The molecule has 1 saturated carbocycles. The minimum absolute atomic E-state index is 0.151. The van der Waals surface area contributed by atoms with Crippen LogP contribution in [0.25, 0.3) is 0 Å². The van der Waals surface area contributed by atoms with Crippen molar-refractivity contribution in [3.8, 4) is 0 Å². The summed E-state index contributed by atoms with van der Waals surface area (Å²) in [7, 11) is -3.78. The molecule has 1 N–H and O–H groups in total. The molecule has 1 fully saturated rings. The molecule has 0 aliphatic heterocycles. The number of carbonyl (C=O) groups excluding carboxylic acids is 1. The van der Waals surface area contributed by atoms with Gasteiger partial charge in [-0.25, -0.2) is 8.42 Å². The molecule has 0 heterocycles. The molecule has 0 radical (unpaired) electrons. The van der Waals surface area contributed by atoms with Crippen molar-refractivity contribution in [3.05, 3.63) is 63.1 Å². The lowest BCUT2D eigenvalue weighted by atomic mass is 9.95. The van der Waals surface area contributed by atoms with E-state index in [-0.39, 0.29) is 29.4 Å². The number of hydrogen-bond acceptors (Lipinski definition) is 3. The summed E-state index contributed by atoms with van der Waals surface area (Å²) in [6.45, 7) is 7.95. The van der Waals surface area contributed by atoms with E-state index in [2.05, 4.69) is 47.2 Å². The molecular formula is C25H33BrN2O3S. The van der Waals surface area contributed by atoms with E-state index in [0.717, 1.165) is 47.7 Å². The Balaban J connectivity index is 1.82. The third-order valence-electron chi connectivity index (χ3n) is 6.43. The summed E-state index contributed by atoms with van der Waals surface area (Å²) in [5.74, 6) is -0.276. The number of amides is 1. The zero-order valence-electron chi connectivity index (χ0n) is 19.3. The van der Waals surface area contributed by atoms with Gasteiger partial charge in [-0.15, -0.1) is 0 Å². The van der Waals surface area contributed by atoms with Gasteiger partial charge in [0.15, 0.2) is 0 Å². The molecule has 1 atom stereocenters. The van der Waals surface area contributed by atoms with Gasteiger partial charge in [0.25, 0.3) is 0 Å². The first-order chi connectivity index (χ1) is 15.1. The molecule has 7 heteroatoms. The molecule has 174 valence electrons. The highest BCUT2D eigenvalue weighted by Crippen LogP contribution is 2.29. The maximum Gasteiger partial charge on any atom is 0.243 e. The topological polar surface area (TPSA) is 66.5 Å². The van der Waals surface area contributed by atoms with Crippen molar-refractivity contribution in [1.29, 1.82) is 0 Å². The van der Waals surface area contributed by atoms with Gasteiger partial charge in [0.05, 0.1) is 17.5 Å². The lowest BCUT2D eigenvalue weighted by Crippen LogP contribution is -2.47. The van der Waals surface area contributed by atoms with Crippen LogP contribution in [0.2, 0.25) is 0 Å². The Morgan fingerprint density at radius 3 is 2.25 bits per heavy atom. The molecular weight excluding hydrogens is 488 g/mol. The van der Waals surface area contributed by atoms with Gasteiger partial charge >= 0.3 is 0 Å². The largest absolute Gasteiger partial charge is 0.348 e. The van der Waals surface area contributed by atoms with Crippen molar-refractivity contribution in [2.45, 2.75) is 76.8 Å². The van der Waals surface area contributed by atoms with E-state index in [9.17, 15) is 13.2 Å². The van der Waals surface area contributed by atoms with E-state index < -0.39 is 10.0 Å². The molecule has 1 amide bonds. The number of aryl methyl sites for hydroxylation is 3. The smallest absolute Gasteiger partial charge is 0.243 e. The Bertz CT molecular complexity index is 1060. The highest BCUT2D eigenvalue weighted by molar-refractivity contribution is 9.10. The first-order valence-electron chi connectivity index (χ1n) is 11.2. The van der Waals surface area contributed by atoms with Gasteiger partial charge < -0.3 is 5.32 Å². The van der Waals surface area contributed by atoms with E-state index in [0.29, 0.717) is 0 Å². The molecule has 3 rings (SSSR count). The molecule has 5 nitrogen and oxygen atoms in total. The second-order valence-electron chi connectivity index (χ2n) is 8.88. The molecule has 1 aliphatic carbocycles. The number of sulfonamides is 1. The molecule has 0 bridgehead atoms. The van der Waals surface area contributed by atoms with E-state index in [1.807, 2.05) is 13.8 Å². The third kappa shape index (κ3) is 5.80. The average molecular weight is 522 g/mol. The summed E-state index contributed by atoms with van der Waals surface area (Å²) in [5, 5.41) is 3.03. The number of nitrogens with zero attached hydrogens (tertiary/aromatic N) is 1. The Morgan fingerprint density at radius 1 is 1.03 bits per heavy atom. The molecule has 0 aromatic heterocycles. The van der Waals surface area contributed by atoms with Gasteiger partial charge in [-0.2, -0.15) is 4.31 Å². The van der Waals surface area contributed by atoms with Crippen LogP contribution in [0.15, 0.2) is 45.8 Å².